The number of imide groups is 1. The molecule has 0 saturated heterocycles. The fourth-order valence-electron chi connectivity index (χ4n) is 4.35. The zero-order valence-electron chi connectivity index (χ0n) is 18.9. The largest absolute Gasteiger partial charge is 0.480 e. The molecule has 0 radical (unpaired) electrons. The predicted molar refractivity (Wildman–Crippen MR) is 131 cm³/mol. The number of hydrogen-bond donors (Lipinski definition) is 3. The SMILES string of the molecule is O=C(CC[C@H](NCCCc1ccccc1)C(=O)O)NC(=O)c1ccc2c(c1)Cc1ccccc1-2. The molecule has 0 aromatic heterocycles. The number of carboxylic acids is 1. The minimum Gasteiger partial charge on any atom is -0.480 e. The van der Waals surface area contributed by atoms with Crippen LogP contribution in [0.2, 0.25) is 0 Å². The first-order chi connectivity index (χ1) is 16.5. The second-order valence-electron chi connectivity index (χ2n) is 8.56. The third-order valence-corrected chi connectivity index (χ3v) is 6.14. The number of amides is 2. The summed E-state index contributed by atoms with van der Waals surface area (Å²) in [6, 6.07) is 22.8. The van der Waals surface area contributed by atoms with Gasteiger partial charge in [-0.25, -0.2) is 0 Å². The number of rotatable bonds is 10. The van der Waals surface area contributed by atoms with Gasteiger partial charge in [-0.05, 0) is 72.2 Å². The molecule has 6 heteroatoms. The summed E-state index contributed by atoms with van der Waals surface area (Å²) in [5, 5.41) is 14.9. The van der Waals surface area contributed by atoms with Crippen molar-refractivity contribution in [1.29, 1.82) is 0 Å². The quantitative estimate of drug-likeness (QED) is 0.314. The van der Waals surface area contributed by atoms with E-state index in [0.717, 1.165) is 30.4 Å². The molecule has 3 N–H and O–H groups in total. The summed E-state index contributed by atoms with van der Waals surface area (Å²) in [7, 11) is 0. The zero-order chi connectivity index (χ0) is 23.9. The van der Waals surface area contributed by atoms with Gasteiger partial charge in [-0.15, -0.1) is 0 Å². The Hall–Kier alpha value is -3.77. The Morgan fingerprint density at radius 1 is 0.882 bits per heavy atom. The summed E-state index contributed by atoms with van der Waals surface area (Å²) in [5.41, 5.74) is 6.20. The highest BCUT2D eigenvalue weighted by atomic mass is 16.4. The Morgan fingerprint density at radius 2 is 1.62 bits per heavy atom. The van der Waals surface area contributed by atoms with Crippen LogP contribution in [0, 0.1) is 0 Å². The van der Waals surface area contributed by atoms with Crippen LogP contribution < -0.4 is 10.6 Å². The van der Waals surface area contributed by atoms with Crippen molar-refractivity contribution < 1.29 is 19.5 Å². The lowest BCUT2D eigenvalue weighted by Gasteiger charge is -2.14. The van der Waals surface area contributed by atoms with Crippen LogP contribution in [-0.2, 0) is 22.4 Å². The molecule has 174 valence electrons. The molecule has 1 atom stereocenters. The molecule has 3 aromatic rings. The van der Waals surface area contributed by atoms with E-state index in [1.54, 1.807) is 6.07 Å². The van der Waals surface area contributed by atoms with Crippen LogP contribution >= 0.6 is 0 Å². The van der Waals surface area contributed by atoms with Crippen LogP contribution in [0.4, 0.5) is 0 Å². The van der Waals surface area contributed by atoms with E-state index >= 15 is 0 Å². The highest BCUT2D eigenvalue weighted by molar-refractivity contribution is 6.05. The van der Waals surface area contributed by atoms with Gasteiger partial charge in [-0.2, -0.15) is 0 Å². The van der Waals surface area contributed by atoms with E-state index in [0.29, 0.717) is 12.1 Å². The van der Waals surface area contributed by atoms with Gasteiger partial charge in [0.1, 0.15) is 6.04 Å². The van der Waals surface area contributed by atoms with Gasteiger partial charge in [0.2, 0.25) is 5.91 Å². The summed E-state index contributed by atoms with van der Waals surface area (Å²) in [6.45, 7) is 0.532. The number of aryl methyl sites for hydroxylation is 1. The molecule has 0 bridgehead atoms. The van der Waals surface area contributed by atoms with Gasteiger partial charge < -0.3 is 10.4 Å². The van der Waals surface area contributed by atoms with Crippen LogP contribution in [0.25, 0.3) is 11.1 Å². The van der Waals surface area contributed by atoms with E-state index in [1.807, 2.05) is 54.6 Å². The maximum absolute atomic E-state index is 12.6. The van der Waals surface area contributed by atoms with Gasteiger partial charge in [0, 0.05) is 12.0 Å². The van der Waals surface area contributed by atoms with Crippen LogP contribution in [-0.4, -0.2) is 35.5 Å². The maximum atomic E-state index is 12.6. The fraction of sp³-hybridized carbons (Fsp3) is 0.250. The molecule has 0 aliphatic heterocycles. The van der Waals surface area contributed by atoms with Gasteiger partial charge in [0.15, 0.2) is 0 Å². The number of carboxylic acid groups (broad SMARTS) is 1. The molecule has 0 spiro atoms. The monoisotopic (exact) mass is 456 g/mol. The molecule has 0 saturated carbocycles. The third kappa shape index (κ3) is 5.77. The molecule has 2 amide bonds. The van der Waals surface area contributed by atoms with Crippen molar-refractivity contribution in [2.24, 2.45) is 0 Å². The smallest absolute Gasteiger partial charge is 0.320 e. The normalized spacial score (nSPS) is 12.5. The zero-order valence-corrected chi connectivity index (χ0v) is 18.9. The molecule has 1 aliphatic rings. The summed E-state index contributed by atoms with van der Waals surface area (Å²) < 4.78 is 0. The van der Waals surface area contributed by atoms with Crippen molar-refractivity contribution in [2.45, 2.75) is 38.1 Å². The van der Waals surface area contributed by atoms with E-state index < -0.39 is 23.8 Å². The van der Waals surface area contributed by atoms with E-state index in [4.69, 9.17) is 0 Å². The van der Waals surface area contributed by atoms with E-state index in [-0.39, 0.29) is 12.8 Å². The van der Waals surface area contributed by atoms with Crippen LogP contribution in [0.5, 0.6) is 0 Å². The Labute approximate surface area is 199 Å². The lowest BCUT2D eigenvalue weighted by molar-refractivity contribution is -0.139. The summed E-state index contributed by atoms with van der Waals surface area (Å²) in [5.74, 6) is -1.95. The van der Waals surface area contributed by atoms with Crippen molar-refractivity contribution in [3.63, 3.8) is 0 Å². The Bertz CT molecular complexity index is 1190. The van der Waals surface area contributed by atoms with Crippen LogP contribution in [0.15, 0.2) is 72.8 Å². The maximum Gasteiger partial charge on any atom is 0.320 e. The van der Waals surface area contributed by atoms with Crippen LogP contribution in [0.1, 0.15) is 46.3 Å². The minimum atomic E-state index is -1.00. The second-order valence-corrected chi connectivity index (χ2v) is 8.56. The third-order valence-electron chi connectivity index (χ3n) is 6.14. The standard InChI is InChI=1S/C28H28N2O4/c31-26(15-14-25(28(33)34)29-16-6-9-19-7-2-1-3-8-19)30-27(32)21-12-13-24-22(18-21)17-20-10-4-5-11-23(20)24/h1-5,7-8,10-13,18,25,29H,6,9,14-17H2,(H,33,34)(H,30,31,32)/t25-/m0/s1. The molecule has 3 aromatic carbocycles. The van der Waals surface area contributed by atoms with Crippen molar-refractivity contribution in [2.75, 3.05) is 6.54 Å². The van der Waals surface area contributed by atoms with Crippen molar-refractivity contribution in [3.8, 4) is 11.1 Å². The summed E-state index contributed by atoms with van der Waals surface area (Å²) >= 11 is 0. The molecule has 4 rings (SSSR count). The highest BCUT2D eigenvalue weighted by Crippen LogP contribution is 2.36. The topological polar surface area (TPSA) is 95.5 Å². The number of nitrogens with one attached hydrogen (secondary N) is 2. The molecule has 34 heavy (non-hydrogen) atoms. The average Bonchev–Trinajstić information content (AvgIpc) is 3.21. The van der Waals surface area contributed by atoms with Crippen molar-refractivity contribution in [3.05, 3.63) is 95.1 Å². The Kier molecular flexibility index (Phi) is 7.50. The van der Waals surface area contributed by atoms with E-state index in [9.17, 15) is 19.5 Å². The number of benzene rings is 3. The molecule has 0 heterocycles. The molecular formula is C28H28N2O4. The summed E-state index contributed by atoms with van der Waals surface area (Å²) in [4.78, 5) is 36.5. The van der Waals surface area contributed by atoms with E-state index in [1.165, 1.54) is 16.7 Å². The number of carbonyl (C=O) groups is 3. The van der Waals surface area contributed by atoms with Crippen molar-refractivity contribution >= 4 is 17.8 Å². The fourth-order valence-corrected chi connectivity index (χ4v) is 4.35. The van der Waals surface area contributed by atoms with Crippen LogP contribution in [0.3, 0.4) is 0 Å². The second kappa shape index (κ2) is 10.9. The van der Waals surface area contributed by atoms with Gasteiger partial charge >= 0.3 is 5.97 Å². The first kappa shape index (κ1) is 23.4. The molecule has 6 nitrogen and oxygen atoms in total. The highest BCUT2D eigenvalue weighted by Gasteiger charge is 2.21. The Balaban J connectivity index is 1.24. The first-order valence-corrected chi connectivity index (χ1v) is 11.6. The molecule has 0 fully saturated rings. The predicted octanol–water partition coefficient (Wildman–Crippen LogP) is 3.97. The number of carbonyl (C=O) groups excluding carboxylic acids is 2. The Morgan fingerprint density at radius 3 is 2.41 bits per heavy atom. The minimum absolute atomic E-state index is 0.0508. The van der Waals surface area contributed by atoms with Gasteiger partial charge in [-0.3, -0.25) is 19.7 Å². The molecule has 0 unspecified atom stereocenters. The van der Waals surface area contributed by atoms with Crippen molar-refractivity contribution in [1.82, 2.24) is 10.6 Å². The average molecular weight is 457 g/mol. The number of hydrogen-bond acceptors (Lipinski definition) is 4. The number of fused-ring (bicyclic) bond motifs is 3. The molecule has 1 aliphatic carbocycles. The van der Waals surface area contributed by atoms with Gasteiger partial charge in [0.25, 0.3) is 5.91 Å². The summed E-state index contributed by atoms with van der Waals surface area (Å²) in [6.07, 6.45) is 2.46. The lowest BCUT2D eigenvalue weighted by Crippen LogP contribution is -2.39. The van der Waals surface area contributed by atoms with E-state index in [2.05, 4.69) is 22.8 Å². The molecular weight excluding hydrogens is 428 g/mol. The lowest BCUT2D eigenvalue weighted by atomic mass is 10.0. The number of aliphatic carboxylic acids is 1. The van der Waals surface area contributed by atoms with Gasteiger partial charge in [0.05, 0.1) is 0 Å². The first-order valence-electron chi connectivity index (χ1n) is 11.6. The van der Waals surface area contributed by atoms with Gasteiger partial charge in [-0.1, -0.05) is 60.7 Å².